The number of anilines is 1. The third-order valence-corrected chi connectivity index (χ3v) is 3.47. The van der Waals surface area contributed by atoms with Crippen molar-refractivity contribution in [2.75, 3.05) is 19.0 Å². The molecule has 0 aliphatic heterocycles. The molecule has 118 valence electrons. The molecule has 0 saturated heterocycles. The van der Waals surface area contributed by atoms with Crippen molar-refractivity contribution in [3.05, 3.63) is 28.8 Å². The standard InChI is InChI=1S/C15H23ClN2O3/c1-15(2,3)13(19)8-17-14(20)18-12-7-5-6-11(16)10(12)9-21-4/h5-7,13,19H,8-9H2,1-4H3,(H2,17,18,20). The number of halogens is 1. The number of amides is 2. The van der Waals surface area contributed by atoms with Gasteiger partial charge in [-0.15, -0.1) is 0 Å². The molecule has 0 aliphatic carbocycles. The Morgan fingerprint density at radius 2 is 2.10 bits per heavy atom. The summed E-state index contributed by atoms with van der Waals surface area (Å²) >= 11 is 6.09. The number of hydrogen-bond donors (Lipinski definition) is 3. The van der Waals surface area contributed by atoms with Crippen molar-refractivity contribution in [1.82, 2.24) is 5.32 Å². The van der Waals surface area contributed by atoms with Gasteiger partial charge in [-0.1, -0.05) is 38.4 Å². The Morgan fingerprint density at radius 1 is 1.43 bits per heavy atom. The number of hydrogen-bond acceptors (Lipinski definition) is 3. The van der Waals surface area contributed by atoms with E-state index in [0.29, 0.717) is 22.9 Å². The Kier molecular flexibility index (Phi) is 6.45. The molecule has 1 atom stereocenters. The number of aliphatic hydroxyl groups is 1. The van der Waals surface area contributed by atoms with Gasteiger partial charge in [0, 0.05) is 29.9 Å². The first-order valence-corrected chi connectivity index (χ1v) is 7.12. The van der Waals surface area contributed by atoms with E-state index in [1.54, 1.807) is 25.3 Å². The molecule has 0 aliphatic rings. The maximum Gasteiger partial charge on any atom is 0.319 e. The van der Waals surface area contributed by atoms with E-state index < -0.39 is 12.1 Å². The molecule has 1 unspecified atom stereocenters. The van der Waals surface area contributed by atoms with Gasteiger partial charge in [0.05, 0.1) is 12.7 Å². The number of benzene rings is 1. The first-order chi connectivity index (χ1) is 9.75. The zero-order valence-electron chi connectivity index (χ0n) is 12.9. The van der Waals surface area contributed by atoms with Crippen molar-refractivity contribution in [1.29, 1.82) is 0 Å². The molecule has 5 nitrogen and oxygen atoms in total. The van der Waals surface area contributed by atoms with Crippen LogP contribution in [0, 0.1) is 5.41 Å². The lowest BCUT2D eigenvalue weighted by Gasteiger charge is -2.26. The molecule has 3 N–H and O–H groups in total. The monoisotopic (exact) mass is 314 g/mol. The number of carbonyl (C=O) groups is 1. The lowest BCUT2D eigenvalue weighted by molar-refractivity contribution is 0.0654. The van der Waals surface area contributed by atoms with Crippen LogP contribution in [-0.4, -0.2) is 30.9 Å². The number of ether oxygens (including phenoxy) is 1. The molecule has 21 heavy (non-hydrogen) atoms. The largest absolute Gasteiger partial charge is 0.391 e. The molecule has 0 saturated carbocycles. The van der Waals surface area contributed by atoms with Crippen LogP contribution >= 0.6 is 11.6 Å². The molecule has 1 rings (SSSR count). The molecule has 2 amide bonds. The van der Waals surface area contributed by atoms with E-state index in [2.05, 4.69) is 10.6 Å². The van der Waals surface area contributed by atoms with Gasteiger partial charge < -0.3 is 20.5 Å². The van der Waals surface area contributed by atoms with E-state index in [1.807, 2.05) is 20.8 Å². The van der Waals surface area contributed by atoms with Crippen LogP contribution in [0.2, 0.25) is 5.02 Å². The zero-order valence-corrected chi connectivity index (χ0v) is 13.6. The highest BCUT2D eigenvalue weighted by Gasteiger charge is 2.22. The highest BCUT2D eigenvalue weighted by Crippen LogP contribution is 2.25. The summed E-state index contributed by atoms with van der Waals surface area (Å²) in [5, 5.41) is 15.8. The number of nitrogens with one attached hydrogen (secondary N) is 2. The molecule has 0 aromatic heterocycles. The third-order valence-electron chi connectivity index (χ3n) is 3.11. The summed E-state index contributed by atoms with van der Waals surface area (Å²) in [6.45, 7) is 6.20. The molecule has 0 radical (unpaired) electrons. The van der Waals surface area contributed by atoms with E-state index >= 15 is 0 Å². The smallest absolute Gasteiger partial charge is 0.319 e. The number of urea groups is 1. The summed E-state index contributed by atoms with van der Waals surface area (Å²) in [7, 11) is 1.56. The number of methoxy groups -OCH3 is 1. The van der Waals surface area contributed by atoms with Gasteiger partial charge in [-0.25, -0.2) is 4.79 Å². The summed E-state index contributed by atoms with van der Waals surface area (Å²) in [6.07, 6.45) is -0.624. The van der Waals surface area contributed by atoms with Gasteiger partial charge in [0.2, 0.25) is 0 Å². The van der Waals surface area contributed by atoms with Gasteiger partial charge in [-0.2, -0.15) is 0 Å². The fourth-order valence-electron chi connectivity index (χ4n) is 1.63. The highest BCUT2D eigenvalue weighted by molar-refractivity contribution is 6.31. The highest BCUT2D eigenvalue weighted by atomic mass is 35.5. The van der Waals surface area contributed by atoms with Crippen molar-refractivity contribution in [3.8, 4) is 0 Å². The van der Waals surface area contributed by atoms with Gasteiger partial charge in [-0.05, 0) is 17.5 Å². The van der Waals surface area contributed by atoms with Crippen molar-refractivity contribution in [2.45, 2.75) is 33.5 Å². The lowest BCUT2D eigenvalue weighted by Crippen LogP contribution is -2.41. The molecular weight excluding hydrogens is 292 g/mol. The minimum Gasteiger partial charge on any atom is -0.391 e. The predicted molar refractivity (Wildman–Crippen MR) is 84.6 cm³/mol. The second-order valence-electron chi connectivity index (χ2n) is 5.92. The molecular formula is C15H23ClN2O3. The zero-order chi connectivity index (χ0) is 16.0. The van der Waals surface area contributed by atoms with Gasteiger partial charge >= 0.3 is 6.03 Å². The van der Waals surface area contributed by atoms with Crippen LogP contribution in [0.15, 0.2) is 18.2 Å². The number of carbonyl (C=O) groups excluding carboxylic acids is 1. The molecule has 1 aromatic rings. The van der Waals surface area contributed by atoms with Crippen molar-refractivity contribution < 1.29 is 14.6 Å². The number of aliphatic hydroxyl groups excluding tert-OH is 1. The summed E-state index contributed by atoms with van der Waals surface area (Å²) in [5.74, 6) is 0. The van der Waals surface area contributed by atoms with Crippen LogP contribution in [0.4, 0.5) is 10.5 Å². The molecule has 0 fully saturated rings. The maximum atomic E-state index is 11.9. The van der Waals surface area contributed by atoms with E-state index in [1.165, 1.54) is 0 Å². The lowest BCUT2D eigenvalue weighted by atomic mass is 9.89. The Morgan fingerprint density at radius 3 is 2.67 bits per heavy atom. The van der Waals surface area contributed by atoms with E-state index in [0.717, 1.165) is 0 Å². The fraction of sp³-hybridized carbons (Fsp3) is 0.533. The van der Waals surface area contributed by atoms with Gasteiger partial charge in [0.25, 0.3) is 0 Å². The minimum atomic E-state index is -0.624. The molecule has 0 spiro atoms. The van der Waals surface area contributed by atoms with Crippen LogP contribution in [0.1, 0.15) is 26.3 Å². The maximum absolute atomic E-state index is 11.9. The Hall–Kier alpha value is -1.30. The second kappa shape index (κ2) is 7.64. The quantitative estimate of drug-likeness (QED) is 0.782. The van der Waals surface area contributed by atoms with Gasteiger partial charge in [0.15, 0.2) is 0 Å². The summed E-state index contributed by atoms with van der Waals surface area (Å²) < 4.78 is 5.08. The first kappa shape index (κ1) is 17.8. The molecule has 0 heterocycles. The van der Waals surface area contributed by atoms with Crippen LogP contribution < -0.4 is 10.6 Å². The second-order valence-corrected chi connectivity index (χ2v) is 6.32. The van der Waals surface area contributed by atoms with Crippen LogP contribution in [0.25, 0.3) is 0 Å². The molecule has 6 heteroatoms. The van der Waals surface area contributed by atoms with E-state index in [-0.39, 0.29) is 12.0 Å². The average molecular weight is 315 g/mol. The van der Waals surface area contributed by atoms with E-state index in [9.17, 15) is 9.90 Å². The van der Waals surface area contributed by atoms with Crippen molar-refractivity contribution >= 4 is 23.3 Å². The van der Waals surface area contributed by atoms with Crippen molar-refractivity contribution in [3.63, 3.8) is 0 Å². The molecule has 1 aromatic carbocycles. The first-order valence-electron chi connectivity index (χ1n) is 6.75. The Labute approximate surface area is 130 Å². The van der Waals surface area contributed by atoms with Gasteiger partial charge in [-0.3, -0.25) is 0 Å². The van der Waals surface area contributed by atoms with E-state index in [4.69, 9.17) is 16.3 Å². The van der Waals surface area contributed by atoms with Crippen molar-refractivity contribution in [2.24, 2.45) is 5.41 Å². The Bertz CT molecular complexity index is 486. The SMILES string of the molecule is COCc1c(Cl)cccc1NC(=O)NCC(O)C(C)(C)C. The van der Waals surface area contributed by atoms with Crippen LogP contribution in [-0.2, 0) is 11.3 Å². The Balaban J connectivity index is 2.65. The fourth-order valence-corrected chi connectivity index (χ4v) is 1.86. The normalized spacial score (nSPS) is 12.9. The van der Waals surface area contributed by atoms with Gasteiger partial charge in [0.1, 0.15) is 0 Å². The minimum absolute atomic E-state index is 0.176. The van der Waals surface area contributed by atoms with Crippen LogP contribution in [0.5, 0.6) is 0 Å². The third kappa shape index (κ3) is 5.53. The van der Waals surface area contributed by atoms with Crippen LogP contribution in [0.3, 0.4) is 0 Å². The average Bonchev–Trinajstić information content (AvgIpc) is 2.39. The number of rotatable bonds is 5. The summed E-state index contributed by atoms with van der Waals surface area (Å²) in [5.41, 5.74) is 1.02. The molecule has 0 bridgehead atoms. The summed E-state index contributed by atoms with van der Waals surface area (Å²) in [6, 6.07) is 4.85. The summed E-state index contributed by atoms with van der Waals surface area (Å²) in [4.78, 5) is 11.9. The topological polar surface area (TPSA) is 70.6 Å². The predicted octanol–water partition coefficient (Wildman–Crippen LogP) is 3.01.